The van der Waals surface area contributed by atoms with Crippen molar-refractivity contribution in [3.05, 3.63) is 33.4 Å². The number of carbonyl (C=O) groups is 2. The van der Waals surface area contributed by atoms with Crippen LogP contribution in [-0.4, -0.2) is 47.8 Å². The Bertz CT molecular complexity index is 508. The van der Waals surface area contributed by atoms with Crippen molar-refractivity contribution in [3.8, 4) is 0 Å². The molecule has 1 fully saturated rings. The van der Waals surface area contributed by atoms with E-state index < -0.39 is 0 Å². The van der Waals surface area contributed by atoms with Crippen LogP contribution in [0.1, 0.15) is 24.2 Å². The molecule has 1 aliphatic rings. The van der Waals surface area contributed by atoms with Crippen LogP contribution in [0, 0.1) is 9.49 Å². The average Bonchev–Trinajstić information content (AvgIpc) is 2.46. The first-order valence-electron chi connectivity index (χ1n) is 6.83. The highest BCUT2D eigenvalue weighted by Crippen LogP contribution is 2.16. The van der Waals surface area contributed by atoms with E-state index in [9.17, 15) is 9.59 Å². The van der Waals surface area contributed by atoms with E-state index in [4.69, 9.17) is 0 Å². The molecule has 108 valence electrons. The molecule has 1 aliphatic heterocycles. The third kappa shape index (κ3) is 3.31. The van der Waals surface area contributed by atoms with E-state index in [0.717, 1.165) is 9.13 Å². The molecule has 1 aromatic carbocycles. The molecule has 5 heteroatoms. The van der Waals surface area contributed by atoms with Gasteiger partial charge < -0.3 is 9.80 Å². The van der Waals surface area contributed by atoms with Crippen LogP contribution in [0.3, 0.4) is 0 Å². The Kier molecular flexibility index (Phi) is 5.01. The molecule has 1 saturated heterocycles. The fourth-order valence-corrected chi connectivity index (χ4v) is 2.92. The molecule has 0 radical (unpaired) electrons. The molecule has 0 aromatic heterocycles. The van der Waals surface area contributed by atoms with Crippen LogP contribution in [0.15, 0.2) is 24.3 Å². The number of hydrogen-bond acceptors (Lipinski definition) is 2. The maximum Gasteiger partial charge on any atom is 0.255 e. The van der Waals surface area contributed by atoms with Crippen LogP contribution in [0.5, 0.6) is 0 Å². The molecular formula is C15H19IN2O2. The Morgan fingerprint density at radius 2 is 1.60 bits per heavy atom. The van der Waals surface area contributed by atoms with Gasteiger partial charge in [0.2, 0.25) is 5.91 Å². The monoisotopic (exact) mass is 386 g/mol. The first-order chi connectivity index (χ1) is 9.50. The van der Waals surface area contributed by atoms with Crippen LogP contribution in [0.25, 0.3) is 0 Å². The number of benzene rings is 1. The first-order valence-corrected chi connectivity index (χ1v) is 7.91. The number of hydrogen-bond donors (Lipinski definition) is 0. The quantitative estimate of drug-likeness (QED) is 0.732. The third-order valence-electron chi connectivity index (χ3n) is 3.48. The number of rotatable bonds is 2. The molecule has 0 aliphatic carbocycles. The molecule has 1 heterocycles. The second-order valence-electron chi connectivity index (χ2n) is 5.25. The van der Waals surface area contributed by atoms with E-state index >= 15 is 0 Å². The van der Waals surface area contributed by atoms with Crippen molar-refractivity contribution in [1.29, 1.82) is 0 Å². The van der Waals surface area contributed by atoms with Gasteiger partial charge in [0.25, 0.3) is 5.91 Å². The molecule has 0 atom stereocenters. The molecule has 1 aromatic rings. The molecule has 0 unspecified atom stereocenters. The number of nitrogens with zero attached hydrogens (tertiary/aromatic N) is 2. The Labute approximate surface area is 133 Å². The summed E-state index contributed by atoms with van der Waals surface area (Å²) in [4.78, 5) is 28.1. The number of amides is 2. The Hall–Kier alpha value is -1.11. The van der Waals surface area contributed by atoms with Gasteiger partial charge in [-0.05, 0) is 34.7 Å². The predicted octanol–water partition coefficient (Wildman–Crippen LogP) is 2.23. The lowest BCUT2D eigenvalue weighted by Gasteiger charge is -2.35. The van der Waals surface area contributed by atoms with Crippen molar-refractivity contribution in [3.63, 3.8) is 0 Å². The summed E-state index contributed by atoms with van der Waals surface area (Å²) in [6.45, 7) is 6.31. The third-order valence-corrected chi connectivity index (χ3v) is 4.42. The van der Waals surface area contributed by atoms with E-state index in [2.05, 4.69) is 22.6 Å². The minimum absolute atomic E-state index is 0.0207. The fraction of sp³-hybridized carbons (Fsp3) is 0.467. The zero-order valence-electron chi connectivity index (χ0n) is 11.8. The van der Waals surface area contributed by atoms with Gasteiger partial charge >= 0.3 is 0 Å². The summed E-state index contributed by atoms with van der Waals surface area (Å²) in [5.41, 5.74) is 0.747. The Morgan fingerprint density at radius 3 is 2.15 bits per heavy atom. The number of halogens is 1. The van der Waals surface area contributed by atoms with Crippen LogP contribution >= 0.6 is 22.6 Å². The molecule has 2 rings (SSSR count). The van der Waals surface area contributed by atoms with Gasteiger partial charge in [-0.1, -0.05) is 26.0 Å². The normalized spacial score (nSPS) is 15.6. The highest BCUT2D eigenvalue weighted by molar-refractivity contribution is 14.1. The zero-order chi connectivity index (χ0) is 14.7. The summed E-state index contributed by atoms with van der Waals surface area (Å²) in [5, 5.41) is 0. The number of piperazine rings is 1. The topological polar surface area (TPSA) is 40.6 Å². The molecule has 0 N–H and O–H groups in total. The largest absolute Gasteiger partial charge is 0.339 e. The summed E-state index contributed by atoms with van der Waals surface area (Å²) in [6, 6.07) is 7.60. The number of carbonyl (C=O) groups excluding carboxylic acids is 2. The van der Waals surface area contributed by atoms with Crippen LogP contribution < -0.4 is 0 Å². The SMILES string of the molecule is CC(C)C(=O)N1CCN(C(=O)c2ccccc2I)CC1. The van der Waals surface area contributed by atoms with Crippen molar-refractivity contribution in [2.45, 2.75) is 13.8 Å². The molecule has 0 spiro atoms. The van der Waals surface area contributed by atoms with E-state index in [1.54, 1.807) is 0 Å². The van der Waals surface area contributed by atoms with Gasteiger partial charge in [0, 0.05) is 35.7 Å². The second kappa shape index (κ2) is 6.56. The van der Waals surface area contributed by atoms with Gasteiger partial charge in [-0.3, -0.25) is 9.59 Å². The van der Waals surface area contributed by atoms with Gasteiger partial charge in [0.05, 0.1) is 5.56 Å². The maximum atomic E-state index is 12.4. The molecule has 20 heavy (non-hydrogen) atoms. The van der Waals surface area contributed by atoms with Gasteiger partial charge in [0.1, 0.15) is 0 Å². The second-order valence-corrected chi connectivity index (χ2v) is 6.41. The van der Waals surface area contributed by atoms with E-state index in [-0.39, 0.29) is 17.7 Å². The fourth-order valence-electron chi connectivity index (χ4n) is 2.30. The molecule has 0 bridgehead atoms. The summed E-state index contributed by atoms with van der Waals surface area (Å²) in [5.74, 6) is 0.255. The summed E-state index contributed by atoms with van der Waals surface area (Å²) < 4.78 is 0.968. The lowest BCUT2D eigenvalue weighted by Crippen LogP contribution is -2.51. The predicted molar refractivity (Wildman–Crippen MR) is 86.5 cm³/mol. The van der Waals surface area contributed by atoms with E-state index in [1.165, 1.54) is 0 Å². The zero-order valence-corrected chi connectivity index (χ0v) is 14.0. The van der Waals surface area contributed by atoms with Crippen LogP contribution in [0.4, 0.5) is 0 Å². The highest BCUT2D eigenvalue weighted by atomic mass is 127. The Morgan fingerprint density at radius 1 is 1.05 bits per heavy atom. The highest BCUT2D eigenvalue weighted by Gasteiger charge is 2.26. The summed E-state index contributed by atoms with van der Waals surface area (Å²) in [7, 11) is 0. The van der Waals surface area contributed by atoms with Gasteiger partial charge in [-0.2, -0.15) is 0 Å². The lowest BCUT2D eigenvalue weighted by atomic mass is 10.1. The van der Waals surface area contributed by atoms with Crippen molar-refractivity contribution in [2.75, 3.05) is 26.2 Å². The molecule has 2 amide bonds. The minimum atomic E-state index is 0.0207. The van der Waals surface area contributed by atoms with E-state index in [1.807, 2.05) is 47.9 Å². The minimum Gasteiger partial charge on any atom is -0.339 e. The van der Waals surface area contributed by atoms with Crippen molar-refractivity contribution in [2.24, 2.45) is 5.92 Å². The molecule has 0 saturated carbocycles. The van der Waals surface area contributed by atoms with Crippen molar-refractivity contribution < 1.29 is 9.59 Å². The van der Waals surface area contributed by atoms with Gasteiger partial charge in [-0.25, -0.2) is 0 Å². The van der Waals surface area contributed by atoms with Crippen LogP contribution in [0.2, 0.25) is 0 Å². The van der Waals surface area contributed by atoms with Gasteiger partial charge in [-0.15, -0.1) is 0 Å². The van der Waals surface area contributed by atoms with Crippen LogP contribution in [-0.2, 0) is 4.79 Å². The van der Waals surface area contributed by atoms with Crippen molar-refractivity contribution in [1.82, 2.24) is 9.80 Å². The maximum absolute atomic E-state index is 12.4. The van der Waals surface area contributed by atoms with Crippen molar-refractivity contribution >= 4 is 34.4 Å². The summed E-state index contributed by atoms with van der Waals surface area (Å²) in [6.07, 6.45) is 0. The average molecular weight is 386 g/mol. The molecular weight excluding hydrogens is 367 g/mol. The smallest absolute Gasteiger partial charge is 0.255 e. The van der Waals surface area contributed by atoms with E-state index in [0.29, 0.717) is 26.2 Å². The lowest BCUT2D eigenvalue weighted by molar-refractivity contribution is -0.135. The summed E-state index contributed by atoms with van der Waals surface area (Å²) >= 11 is 2.18. The standard InChI is InChI=1S/C15H19IN2O2/c1-11(2)14(19)17-7-9-18(10-8-17)15(20)12-5-3-4-6-13(12)16/h3-6,11H,7-10H2,1-2H3. The molecule has 4 nitrogen and oxygen atoms in total. The Balaban J connectivity index is 1.99. The van der Waals surface area contributed by atoms with Gasteiger partial charge in [0.15, 0.2) is 0 Å². The first kappa shape index (κ1) is 15.3.